The zero-order valence-electron chi connectivity index (χ0n) is 33.4. The van der Waals surface area contributed by atoms with Gasteiger partial charge >= 0.3 is 0 Å². The summed E-state index contributed by atoms with van der Waals surface area (Å²) in [6, 6.07) is 16.8. The van der Waals surface area contributed by atoms with Crippen molar-refractivity contribution in [2.45, 2.75) is 156 Å². The van der Waals surface area contributed by atoms with Crippen LogP contribution in [0.4, 0.5) is 0 Å². The topological polar surface area (TPSA) is 49.4 Å². The summed E-state index contributed by atoms with van der Waals surface area (Å²) in [6.45, 7) is 28.1. The maximum atomic E-state index is 6.75. The van der Waals surface area contributed by atoms with Gasteiger partial charge in [-0.05, 0) is 120 Å². The second-order valence-electron chi connectivity index (χ2n) is 18.2. The number of likely N-dealkylation sites (tertiary alicyclic amines) is 1. The maximum absolute atomic E-state index is 6.75. The van der Waals surface area contributed by atoms with Crippen LogP contribution in [0.2, 0.25) is 0 Å². The van der Waals surface area contributed by atoms with Crippen molar-refractivity contribution in [3.05, 3.63) is 59.7 Å². The lowest BCUT2D eigenvalue weighted by Gasteiger charge is -2.47. The molecule has 2 aromatic carbocycles. The van der Waals surface area contributed by atoms with Crippen LogP contribution in [0.5, 0.6) is 11.5 Å². The zero-order chi connectivity index (χ0) is 36.4. The molecular weight excluding hydrogens is 622 g/mol. The Labute approximate surface area is 305 Å². The number of hydrogen-bond acceptors (Lipinski definition) is 6. The number of benzene rings is 2. The molecule has 6 nitrogen and oxygen atoms in total. The van der Waals surface area contributed by atoms with Crippen molar-refractivity contribution in [1.29, 1.82) is 0 Å². The minimum atomic E-state index is -0.107. The molecule has 1 saturated heterocycles. The summed E-state index contributed by atoms with van der Waals surface area (Å²) in [6.07, 6.45) is 10.3. The lowest BCUT2D eigenvalue weighted by atomic mass is 9.71. The van der Waals surface area contributed by atoms with Gasteiger partial charge in [0.2, 0.25) is 0 Å². The Bertz CT molecular complexity index is 1270. The third-order valence-electron chi connectivity index (χ3n) is 10.9. The van der Waals surface area contributed by atoms with E-state index in [1.807, 2.05) is 18.2 Å². The van der Waals surface area contributed by atoms with E-state index in [1.165, 1.54) is 31.2 Å². The van der Waals surface area contributed by atoms with Crippen LogP contribution in [-0.4, -0.2) is 67.8 Å². The van der Waals surface area contributed by atoms with E-state index in [-0.39, 0.29) is 16.6 Å². The molecule has 2 atom stereocenters. The third-order valence-corrected chi connectivity index (χ3v) is 10.9. The maximum Gasteiger partial charge on any atom is 0.126 e. The Morgan fingerprint density at radius 3 is 2.08 bits per heavy atom. The Morgan fingerprint density at radius 2 is 1.40 bits per heavy atom. The predicted octanol–water partition coefficient (Wildman–Crippen LogP) is 10.4. The van der Waals surface area contributed by atoms with Crippen molar-refractivity contribution in [3.63, 3.8) is 0 Å². The van der Waals surface area contributed by atoms with Gasteiger partial charge in [-0.15, -0.1) is 0 Å². The quantitative estimate of drug-likeness (QED) is 0.154. The highest BCUT2D eigenvalue weighted by Gasteiger charge is 2.38. The first-order valence-electron chi connectivity index (χ1n) is 19.6. The average molecular weight is 694 g/mol. The second kappa shape index (κ2) is 18.1. The van der Waals surface area contributed by atoms with E-state index in [0.29, 0.717) is 50.7 Å². The van der Waals surface area contributed by atoms with E-state index in [4.69, 9.17) is 23.7 Å². The number of nitrogens with zero attached hydrogens (tertiary/aromatic N) is 1. The van der Waals surface area contributed by atoms with Crippen molar-refractivity contribution < 1.29 is 23.7 Å². The summed E-state index contributed by atoms with van der Waals surface area (Å²) in [5.74, 6) is 2.49. The fourth-order valence-corrected chi connectivity index (χ4v) is 8.00. The molecule has 0 N–H and O–H groups in total. The van der Waals surface area contributed by atoms with E-state index in [1.54, 1.807) is 0 Å². The summed E-state index contributed by atoms with van der Waals surface area (Å²) in [5.41, 5.74) is 2.78. The molecule has 0 spiro atoms. The first-order chi connectivity index (χ1) is 23.5. The first-order valence-corrected chi connectivity index (χ1v) is 19.6. The van der Waals surface area contributed by atoms with Crippen LogP contribution in [0, 0.1) is 11.3 Å². The molecule has 50 heavy (non-hydrogen) atoms. The van der Waals surface area contributed by atoms with Gasteiger partial charge in [-0.2, -0.15) is 0 Å². The molecule has 2 fully saturated rings. The third kappa shape index (κ3) is 13.1. The standard InChI is InChI=1S/C44H71NO5/c1-41(2,3)36-16-13-17-39(31-36)50-38-23-25-45(26-24-38)44(9,10)33-43(7,8)35-19-21-37(22-20-35)48-32-34-15-11-12-18-40(34)47-30-29-46-27-14-28-49-42(4,5)6/h11-12,15,18-22,36,38-39H,13-14,16-17,23-33H2,1-10H3. The average Bonchev–Trinajstić information content (AvgIpc) is 3.05. The Balaban J connectivity index is 1.20. The Kier molecular flexibility index (Phi) is 14.7. The summed E-state index contributed by atoms with van der Waals surface area (Å²) in [5, 5.41) is 0. The molecule has 1 saturated carbocycles. The number of piperidine rings is 1. The number of rotatable bonds is 17. The van der Waals surface area contributed by atoms with Gasteiger partial charge in [0.15, 0.2) is 0 Å². The van der Waals surface area contributed by atoms with Gasteiger partial charge in [-0.3, -0.25) is 4.90 Å². The predicted molar refractivity (Wildman–Crippen MR) is 206 cm³/mol. The van der Waals surface area contributed by atoms with Gasteiger partial charge in [-0.25, -0.2) is 0 Å². The molecule has 0 amide bonds. The van der Waals surface area contributed by atoms with Crippen LogP contribution in [0.3, 0.4) is 0 Å². The summed E-state index contributed by atoms with van der Waals surface area (Å²) in [4.78, 5) is 2.71. The highest BCUT2D eigenvalue weighted by Crippen LogP contribution is 2.40. The summed E-state index contributed by atoms with van der Waals surface area (Å²) >= 11 is 0. The van der Waals surface area contributed by atoms with E-state index < -0.39 is 0 Å². The van der Waals surface area contributed by atoms with Gasteiger partial charge in [0.25, 0.3) is 0 Å². The fourth-order valence-electron chi connectivity index (χ4n) is 8.00. The number of hydrogen-bond donors (Lipinski definition) is 0. The molecule has 2 aliphatic rings. The minimum absolute atomic E-state index is 0.0293. The molecule has 0 aromatic heterocycles. The van der Waals surface area contributed by atoms with Crippen molar-refractivity contribution in [2.24, 2.45) is 11.3 Å². The lowest BCUT2D eigenvalue weighted by Crippen LogP contribution is -2.52. The number of ether oxygens (including phenoxy) is 5. The summed E-state index contributed by atoms with van der Waals surface area (Å²) < 4.78 is 30.5. The first kappa shape index (κ1) is 40.6. The monoisotopic (exact) mass is 694 g/mol. The van der Waals surface area contributed by atoms with E-state index >= 15 is 0 Å². The van der Waals surface area contributed by atoms with E-state index in [2.05, 4.69) is 104 Å². The highest BCUT2D eigenvalue weighted by molar-refractivity contribution is 5.35. The fraction of sp³-hybridized carbons (Fsp3) is 0.727. The van der Waals surface area contributed by atoms with Gasteiger partial charge in [-0.1, -0.05) is 71.4 Å². The Morgan fingerprint density at radius 1 is 0.700 bits per heavy atom. The van der Waals surface area contributed by atoms with Crippen LogP contribution in [0.15, 0.2) is 48.5 Å². The smallest absolute Gasteiger partial charge is 0.126 e. The van der Waals surface area contributed by atoms with E-state index in [0.717, 1.165) is 61.8 Å². The van der Waals surface area contributed by atoms with Crippen molar-refractivity contribution in [2.75, 3.05) is 39.5 Å². The van der Waals surface area contributed by atoms with Crippen molar-refractivity contribution >= 4 is 0 Å². The molecule has 6 heteroatoms. The molecule has 1 aliphatic carbocycles. The largest absolute Gasteiger partial charge is 0.491 e. The lowest BCUT2D eigenvalue weighted by molar-refractivity contribution is -0.0827. The molecular formula is C44H71NO5. The SMILES string of the molecule is CC(C)(C)OCCCOCCOc1ccccc1COc1ccc(C(C)(C)CC(C)(C)N2CCC(OC3CCCC(C(C)(C)C)C3)CC2)cc1. The van der Waals surface area contributed by atoms with Crippen LogP contribution in [0.1, 0.15) is 132 Å². The Hall–Kier alpha value is -2.12. The van der Waals surface area contributed by atoms with Gasteiger partial charge < -0.3 is 23.7 Å². The molecule has 282 valence electrons. The molecule has 1 heterocycles. The van der Waals surface area contributed by atoms with Gasteiger partial charge in [0, 0.05) is 37.4 Å². The van der Waals surface area contributed by atoms with Gasteiger partial charge in [0.1, 0.15) is 24.7 Å². The second-order valence-corrected chi connectivity index (χ2v) is 18.2. The van der Waals surface area contributed by atoms with Crippen LogP contribution < -0.4 is 9.47 Å². The highest BCUT2D eigenvalue weighted by atomic mass is 16.5. The zero-order valence-corrected chi connectivity index (χ0v) is 33.4. The van der Waals surface area contributed by atoms with E-state index in [9.17, 15) is 0 Å². The molecule has 2 aromatic rings. The minimum Gasteiger partial charge on any atom is -0.491 e. The van der Waals surface area contributed by atoms with Crippen molar-refractivity contribution in [3.8, 4) is 11.5 Å². The molecule has 0 bridgehead atoms. The van der Waals surface area contributed by atoms with Crippen LogP contribution in [-0.2, 0) is 26.2 Å². The normalized spacial score (nSPS) is 20.2. The summed E-state index contributed by atoms with van der Waals surface area (Å²) in [7, 11) is 0. The van der Waals surface area contributed by atoms with Crippen LogP contribution in [0.25, 0.3) is 0 Å². The molecule has 0 radical (unpaired) electrons. The molecule has 1 aliphatic heterocycles. The van der Waals surface area contributed by atoms with Crippen molar-refractivity contribution in [1.82, 2.24) is 4.90 Å². The molecule has 4 rings (SSSR count). The van der Waals surface area contributed by atoms with Gasteiger partial charge in [0.05, 0.1) is 24.4 Å². The molecule has 2 unspecified atom stereocenters. The van der Waals surface area contributed by atoms with Crippen LogP contribution >= 0.6 is 0 Å². The number of para-hydroxylation sites is 1.